The number of hydrogen-bond acceptors (Lipinski definition) is 4. The van der Waals surface area contributed by atoms with Crippen LogP contribution in [0.1, 0.15) is 23.2 Å². The van der Waals surface area contributed by atoms with E-state index in [9.17, 15) is 23.6 Å². The van der Waals surface area contributed by atoms with E-state index in [0.29, 0.717) is 5.52 Å². The van der Waals surface area contributed by atoms with E-state index in [2.05, 4.69) is 15.6 Å². The molecule has 1 aromatic heterocycles. The van der Waals surface area contributed by atoms with Crippen LogP contribution < -0.4 is 16.2 Å². The number of hydrogen-bond donors (Lipinski definition) is 3. The van der Waals surface area contributed by atoms with Crippen molar-refractivity contribution in [3.05, 3.63) is 46.0 Å². The largest absolute Gasteiger partial charge is 0.340 e. The van der Waals surface area contributed by atoms with Crippen LogP contribution in [0, 0.1) is 5.82 Å². The molecule has 1 aromatic carbocycles. The molecule has 3 rings (SSSR count). The lowest BCUT2D eigenvalue weighted by molar-refractivity contribution is -0.134. The number of aromatic nitrogens is 1. The minimum Gasteiger partial charge on any atom is -0.340 e. The Morgan fingerprint density at radius 2 is 2.00 bits per heavy atom. The Morgan fingerprint density at radius 1 is 1.22 bits per heavy atom. The molecule has 1 fully saturated rings. The molecule has 3 N–H and O–H groups in total. The van der Waals surface area contributed by atoms with Gasteiger partial charge in [0.25, 0.3) is 5.91 Å². The zero-order valence-corrected chi connectivity index (χ0v) is 11.8. The van der Waals surface area contributed by atoms with Gasteiger partial charge in [-0.3, -0.25) is 24.5 Å². The predicted molar refractivity (Wildman–Crippen MR) is 78.2 cm³/mol. The SMILES string of the molecule is O=C1CCC(NC(=O)c2cc(=O)[nH]c3ccc(F)cc23)C(=O)N1. The van der Waals surface area contributed by atoms with Crippen molar-refractivity contribution >= 4 is 28.6 Å². The maximum absolute atomic E-state index is 13.4. The minimum atomic E-state index is -0.872. The zero-order valence-electron chi connectivity index (χ0n) is 11.8. The molecule has 1 aliphatic rings. The smallest absolute Gasteiger partial charge is 0.252 e. The molecule has 0 aliphatic carbocycles. The average Bonchev–Trinajstić information content (AvgIpc) is 2.49. The van der Waals surface area contributed by atoms with Crippen molar-refractivity contribution in [2.75, 3.05) is 0 Å². The molecule has 1 aliphatic heterocycles. The van der Waals surface area contributed by atoms with Crippen molar-refractivity contribution in [2.45, 2.75) is 18.9 Å². The normalized spacial score (nSPS) is 17.9. The number of nitrogens with one attached hydrogen (secondary N) is 3. The highest BCUT2D eigenvalue weighted by molar-refractivity contribution is 6.08. The quantitative estimate of drug-likeness (QED) is 0.688. The molecular weight excluding hydrogens is 305 g/mol. The van der Waals surface area contributed by atoms with Crippen molar-refractivity contribution < 1.29 is 18.8 Å². The maximum Gasteiger partial charge on any atom is 0.252 e. The number of fused-ring (bicyclic) bond motifs is 1. The Kier molecular flexibility index (Phi) is 3.65. The van der Waals surface area contributed by atoms with E-state index in [-0.39, 0.29) is 23.8 Å². The van der Waals surface area contributed by atoms with Gasteiger partial charge in [-0.25, -0.2) is 4.39 Å². The summed E-state index contributed by atoms with van der Waals surface area (Å²) in [5.74, 6) is -2.24. The molecule has 8 heteroatoms. The van der Waals surface area contributed by atoms with E-state index in [1.165, 1.54) is 12.1 Å². The Balaban J connectivity index is 1.94. The summed E-state index contributed by atoms with van der Waals surface area (Å²) < 4.78 is 13.4. The van der Waals surface area contributed by atoms with Crippen LogP contribution in [-0.4, -0.2) is 28.7 Å². The van der Waals surface area contributed by atoms with Crippen LogP contribution >= 0.6 is 0 Å². The first-order valence-corrected chi connectivity index (χ1v) is 6.91. The Labute approximate surface area is 128 Å². The molecule has 3 amide bonds. The van der Waals surface area contributed by atoms with Crippen molar-refractivity contribution in [1.29, 1.82) is 0 Å². The van der Waals surface area contributed by atoms with Gasteiger partial charge in [-0.05, 0) is 24.6 Å². The molecule has 0 radical (unpaired) electrons. The van der Waals surface area contributed by atoms with Gasteiger partial charge >= 0.3 is 0 Å². The first-order chi connectivity index (χ1) is 10.9. The molecule has 2 heterocycles. The third-order valence-electron chi connectivity index (χ3n) is 3.59. The summed E-state index contributed by atoms with van der Waals surface area (Å²) in [6, 6.07) is 3.82. The van der Waals surface area contributed by atoms with Gasteiger partial charge < -0.3 is 10.3 Å². The number of H-pyrrole nitrogens is 1. The van der Waals surface area contributed by atoms with Gasteiger partial charge in [-0.15, -0.1) is 0 Å². The number of piperidine rings is 1. The van der Waals surface area contributed by atoms with Gasteiger partial charge in [0.1, 0.15) is 11.9 Å². The van der Waals surface area contributed by atoms with Crippen LogP contribution in [0.4, 0.5) is 4.39 Å². The number of imide groups is 1. The molecule has 2 aromatic rings. The fourth-order valence-corrected chi connectivity index (χ4v) is 2.48. The summed E-state index contributed by atoms with van der Waals surface area (Å²) in [6.07, 6.45) is 0.285. The van der Waals surface area contributed by atoms with E-state index in [1.807, 2.05) is 0 Å². The highest BCUT2D eigenvalue weighted by atomic mass is 19.1. The topological polar surface area (TPSA) is 108 Å². The summed E-state index contributed by atoms with van der Waals surface area (Å²) in [4.78, 5) is 49.3. The highest BCUT2D eigenvalue weighted by Gasteiger charge is 2.28. The monoisotopic (exact) mass is 317 g/mol. The van der Waals surface area contributed by atoms with Crippen molar-refractivity contribution in [1.82, 2.24) is 15.6 Å². The standard InChI is InChI=1S/C15H12FN3O4/c16-7-1-2-10-8(5-7)9(6-13(21)17-10)14(22)18-11-3-4-12(20)19-15(11)23/h1-2,5-6,11H,3-4H2,(H,17,21)(H,18,22)(H,19,20,23). The summed E-state index contributed by atoms with van der Waals surface area (Å²) in [5.41, 5.74) is -0.238. The minimum absolute atomic E-state index is 0.0343. The molecule has 7 nitrogen and oxygen atoms in total. The van der Waals surface area contributed by atoms with E-state index < -0.39 is 35.1 Å². The van der Waals surface area contributed by atoms with Crippen LogP contribution in [0.15, 0.2) is 29.1 Å². The van der Waals surface area contributed by atoms with E-state index in [4.69, 9.17) is 0 Å². The van der Waals surface area contributed by atoms with Crippen molar-refractivity contribution in [2.24, 2.45) is 0 Å². The first-order valence-electron chi connectivity index (χ1n) is 6.91. The van der Waals surface area contributed by atoms with Gasteiger partial charge in [0.2, 0.25) is 17.4 Å². The number of aromatic amines is 1. The second-order valence-electron chi connectivity index (χ2n) is 5.21. The molecule has 1 saturated heterocycles. The second kappa shape index (κ2) is 5.64. The number of carbonyl (C=O) groups is 3. The maximum atomic E-state index is 13.4. The molecule has 0 saturated carbocycles. The summed E-state index contributed by atoms with van der Waals surface area (Å²) >= 11 is 0. The lowest BCUT2D eigenvalue weighted by Crippen LogP contribution is -2.52. The fraction of sp³-hybridized carbons (Fsp3) is 0.200. The predicted octanol–water partition coefficient (Wildman–Crippen LogP) is 0.202. The fourth-order valence-electron chi connectivity index (χ4n) is 2.48. The van der Waals surface area contributed by atoms with Gasteiger partial charge in [0.05, 0.1) is 5.56 Å². The summed E-state index contributed by atoms with van der Waals surface area (Å²) in [6.45, 7) is 0. The Hall–Kier alpha value is -3.03. The third-order valence-corrected chi connectivity index (χ3v) is 3.59. The Morgan fingerprint density at radius 3 is 2.74 bits per heavy atom. The van der Waals surface area contributed by atoms with Gasteiger partial charge in [-0.2, -0.15) is 0 Å². The first kappa shape index (κ1) is 14.9. The number of halogens is 1. The lowest BCUT2D eigenvalue weighted by atomic mass is 10.0. The average molecular weight is 317 g/mol. The van der Waals surface area contributed by atoms with Gasteiger partial charge in [-0.1, -0.05) is 0 Å². The van der Waals surface area contributed by atoms with Gasteiger partial charge in [0, 0.05) is 23.4 Å². The third kappa shape index (κ3) is 2.96. The number of pyridine rings is 1. The molecule has 0 bridgehead atoms. The van der Waals surface area contributed by atoms with Crippen LogP contribution in [0.5, 0.6) is 0 Å². The summed E-state index contributed by atoms with van der Waals surface area (Å²) in [5, 5.41) is 4.82. The molecule has 23 heavy (non-hydrogen) atoms. The number of benzene rings is 1. The molecular formula is C15H12FN3O4. The molecule has 1 unspecified atom stereocenters. The second-order valence-corrected chi connectivity index (χ2v) is 5.21. The van der Waals surface area contributed by atoms with Crippen molar-refractivity contribution in [3.63, 3.8) is 0 Å². The van der Waals surface area contributed by atoms with Crippen LogP contribution in [-0.2, 0) is 9.59 Å². The van der Waals surface area contributed by atoms with Gasteiger partial charge in [0.15, 0.2) is 0 Å². The Bertz CT molecular complexity index is 890. The number of rotatable bonds is 2. The lowest BCUT2D eigenvalue weighted by Gasteiger charge is -2.22. The summed E-state index contributed by atoms with van der Waals surface area (Å²) in [7, 11) is 0. The number of carbonyl (C=O) groups excluding carboxylic acids is 3. The molecule has 0 spiro atoms. The van der Waals surface area contributed by atoms with Crippen LogP contribution in [0.3, 0.4) is 0 Å². The van der Waals surface area contributed by atoms with E-state index >= 15 is 0 Å². The molecule has 1 atom stereocenters. The van der Waals surface area contributed by atoms with Crippen molar-refractivity contribution in [3.8, 4) is 0 Å². The van der Waals surface area contributed by atoms with Crippen LogP contribution in [0.2, 0.25) is 0 Å². The zero-order chi connectivity index (χ0) is 16.6. The van der Waals surface area contributed by atoms with Crippen LogP contribution in [0.25, 0.3) is 10.9 Å². The van der Waals surface area contributed by atoms with E-state index in [0.717, 1.165) is 12.1 Å². The molecule has 118 valence electrons. The highest BCUT2D eigenvalue weighted by Crippen LogP contribution is 2.17. The number of amides is 3. The van der Waals surface area contributed by atoms with E-state index in [1.54, 1.807) is 0 Å².